The zero-order valence-electron chi connectivity index (χ0n) is 23.0. The third kappa shape index (κ3) is 8.60. The quantitative estimate of drug-likeness (QED) is 0.537. The second-order valence-corrected chi connectivity index (χ2v) is 11.0. The summed E-state index contributed by atoms with van der Waals surface area (Å²) in [6.07, 6.45) is 5.72. The first-order chi connectivity index (χ1) is 16.9. The van der Waals surface area contributed by atoms with E-state index in [2.05, 4.69) is 47.9 Å². The van der Waals surface area contributed by atoms with Crippen molar-refractivity contribution in [2.75, 3.05) is 62.9 Å². The van der Waals surface area contributed by atoms with E-state index in [4.69, 9.17) is 19.6 Å². The van der Waals surface area contributed by atoms with Gasteiger partial charge in [-0.2, -0.15) is 15.1 Å². The van der Waals surface area contributed by atoms with Gasteiger partial charge in [-0.1, -0.05) is 41.5 Å². The Labute approximate surface area is 212 Å². The Morgan fingerprint density at radius 1 is 1.09 bits per heavy atom. The first kappa shape index (κ1) is 27.7. The summed E-state index contributed by atoms with van der Waals surface area (Å²) in [7, 11) is 0. The summed E-state index contributed by atoms with van der Waals surface area (Å²) in [6, 6.07) is 2.44. The topological polar surface area (TPSA) is 75.1 Å². The molecule has 35 heavy (non-hydrogen) atoms. The number of hydrogen-bond donors (Lipinski definition) is 1. The van der Waals surface area contributed by atoms with Gasteiger partial charge in [-0.15, -0.1) is 0 Å². The average molecular weight is 489 g/mol. The monoisotopic (exact) mass is 488 g/mol. The molecule has 2 saturated heterocycles. The molecule has 8 nitrogen and oxygen atoms in total. The van der Waals surface area contributed by atoms with Crippen LogP contribution in [-0.4, -0.2) is 73.1 Å². The van der Waals surface area contributed by atoms with E-state index in [1.54, 1.807) is 0 Å². The molecule has 0 spiro atoms. The maximum absolute atomic E-state index is 6.00. The molecule has 3 fully saturated rings. The molecule has 3 heterocycles. The second kappa shape index (κ2) is 13.4. The highest BCUT2D eigenvalue weighted by molar-refractivity contribution is 5.85. The van der Waals surface area contributed by atoms with Crippen molar-refractivity contribution < 1.29 is 9.47 Å². The first-order valence-electron chi connectivity index (χ1n) is 13.8. The van der Waals surface area contributed by atoms with Gasteiger partial charge in [0.1, 0.15) is 12.4 Å². The lowest BCUT2D eigenvalue weighted by Gasteiger charge is -2.34. The van der Waals surface area contributed by atoms with Crippen LogP contribution >= 0.6 is 0 Å². The standard InChI is InChI=1S/C25H42N6O2.C2H6/c1-19-9-10-31(18-19)23-17-22(29-28-21-7-5-20(6-8-21)25(2,3)4)26-24(27-23)33-16-13-30-11-14-32-15-12-30;1-2/h17,19-20H,5-16,18H2,1-4H3,(H,26,27,29);1-2H3. The summed E-state index contributed by atoms with van der Waals surface area (Å²) in [5.41, 5.74) is 4.84. The highest BCUT2D eigenvalue weighted by Crippen LogP contribution is 2.37. The Balaban J connectivity index is 0.00000167. The van der Waals surface area contributed by atoms with E-state index in [1.165, 1.54) is 25.0 Å². The van der Waals surface area contributed by atoms with Gasteiger partial charge in [-0.05, 0) is 49.4 Å². The van der Waals surface area contributed by atoms with Crippen LogP contribution in [-0.2, 0) is 4.74 Å². The number of nitrogens with zero attached hydrogens (tertiary/aromatic N) is 5. The van der Waals surface area contributed by atoms with Gasteiger partial charge >= 0.3 is 6.01 Å². The van der Waals surface area contributed by atoms with Crippen LogP contribution in [0.4, 0.5) is 11.6 Å². The zero-order chi connectivity index (χ0) is 25.3. The van der Waals surface area contributed by atoms with Gasteiger partial charge in [-0.25, -0.2) is 0 Å². The predicted octanol–water partition coefficient (Wildman–Crippen LogP) is 5.06. The summed E-state index contributed by atoms with van der Waals surface area (Å²) in [6.45, 7) is 20.3. The number of morpholine rings is 1. The number of hydrogen-bond acceptors (Lipinski definition) is 8. The highest BCUT2D eigenvalue weighted by Gasteiger charge is 2.28. The maximum atomic E-state index is 6.00. The van der Waals surface area contributed by atoms with Crippen molar-refractivity contribution >= 4 is 17.3 Å². The lowest BCUT2D eigenvalue weighted by atomic mass is 9.72. The van der Waals surface area contributed by atoms with Crippen molar-refractivity contribution in [1.82, 2.24) is 14.9 Å². The molecule has 1 saturated carbocycles. The smallest absolute Gasteiger partial charge is 0.320 e. The minimum absolute atomic E-state index is 0.376. The number of rotatable bonds is 7. The normalized spacial score (nSPS) is 23.5. The molecule has 0 radical (unpaired) electrons. The number of nitrogens with one attached hydrogen (secondary N) is 1. The number of ether oxygens (including phenoxy) is 2. The molecule has 198 valence electrons. The summed E-state index contributed by atoms with van der Waals surface area (Å²) < 4.78 is 11.4. The molecule has 4 rings (SSSR count). The SMILES string of the molecule is CC.CC1CCN(c2cc(NN=C3CCC(C(C)(C)C)CC3)nc(OCCN3CCOCC3)n2)C1. The van der Waals surface area contributed by atoms with Gasteiger partial charge < -0.3 is 14.4 Å². The van der Waals surface area contributed by atoms with Crippen LogP contribution in [0.2, 0.25) is 0 Å². The fourth-order valence-corrected chi connectivity index (χ4v) is 5.00. The van der Waals surface area contributed by atoms with E-state index in [1.807, 2.05) is 19.9 Å². The molecular formula is C27H48N6O2. The fraction of sp³-hybridized carbons (Fsp3) is 0.815. The average Bonchev–Trinajstić information content (AvgIpc) is 3.31. The van der Waals surface area contributed by atoms with E-state index in [9.17, 15) is 0 Å². The number of hydrazone groups is 1. The van der Waals surface area contributed by atoms with E-state index in [-0.39, 0.29) is 0 Å². The third-order valence-electron chi connectivity index (χ3n) is 7.30. The van der Waals surface area contributed by atoms with Crippen LogP contribution in [0.3, 0.4) is 0 Å². The fourth-order valence-electron chi connectivity index (χ4n) is 5.00. The Hall–Kier alpha value is -1.93. The molecule has 0 amide bonds. The molecule has 1 aliphatic carbocycles. The molecule has 1 aromatic rings. The maximum Gasteiger partial charge on any atom is 0.320 e. The summed E-state index contributed by atoms with van der Waals surface area (Å²) in [5, 5.41) is 4.73. The van der Waals surface area contributed by atoms with Crippen LogP contribution in [0.5, 0.6) is 6.01 Å². The Morgan fingerprint density at radius 3 is 2.43 bits per heavy atom. The molecule has 0 aromatic carbocycles. The first-order valence-corrected chi connectivity index (χ1v) is 13.8. The van der Waals surface area contributed by atoms with Crippen molar-refractivity contribution in [2.45, 2.75) is 73.6 Å². The van der Waals surface area contributed by atoms with Crippen LogP contribution in [0, 0.1) is 17.3 Å². The molecular weight excluding hydrogens is 440 g/mol. The van der Waals surface area contributed by atoms with Crippen molar-refractivity contribution in [3.05, 3.63) is 6.07 Å². The Morgan fingerprint density at radius 2 is 1.80 bits per heavy atom. The van der Waals surface area contributed by atoms with E-state index in [0.29, 0.717) is 29.8 Å². The van der Waals surface area contributed by atoms with Crippen molar-refractivity contribution in [2.24, 2.45) is 22.4 Å². The molecule has 1 N–H and O–H groups in total. The van der Waals surface area contributed by atoms with E-state index < -0.39 is 0 Å². The van der Waals surface area contributed by atoms with E-state index in [0.717, 1.165) is 70.5 Å². The lowest BCUT2D eigenvalue weighted by Crippen LogP contribution is -2.38. The van der Waals surface area contributed by atoms with Gasteiger partial charge in [0.15, 0.2) is 5.82 Å². The number of anilines is 2. The van der Waals surface area contributed by atoms with Crippen LogP contribution < -0.4 is 15.1 Å². The minimum Gasteiger partial charge on any atom is -0.462 e. The summed E-state index contributed by atoms with van der Waals surface area (Å²) in [4.78, 5) is 14.0. The third-order valence-corrected chi connectivity index (χ3v) is 7.30. The van der Waals surface area contributed by atoms with Gasteiger partial charge in [0, 0.05) is 44.5 Å². The molecule has 1 atom stereocenters. The number of aromatic nitrogens is 2. The Kier molecular flexibility index (Phi) is 10.6. The second-order valence-electron chi connectivity index (χ2n) is 11.0. The van der Waals surface area contributed by atoms with Crippen molar-refractivity contribution in [3.63, 3.8) is 0 Å². The molecule has 1 aromatic heterocycles. The minimum atomic E-state index is 0.376. The lowest BCUT2D eigenvalue weighted by molar-refractivity contribution is 0.0317. The van der Waals surface area contributed by atoms with Crippen molar-refractivity contribution in [3.8, 4) is 6.01 Å². The molecule has 8 heteroatoms. The van der Waals surface area contributed by atoms with Crippen LogP contribution in [0.15, 0.2) is 11.2 Å². The van der Waals surface area contributed by atoms with E-state index >= 15 is 0 Å². The van der Waals surface area contributed by atoms with Gasteiger partial charge in [0.2, 0.25) is 0 Å². The van der Waals surface area contributed by atoms with Crippen molar-refractivity contribution in [1.29, 1.82) is 0 Å². The van der Waals surface area contributed by atoms with Crippen LogP contribution in [0.1, 0.15) is 73.6 Å². The predicted molar refractivity (Wildman–Crippen MR) is 145 cm³/mol. The molecule has 1 unspecified atom stereocenters. The summed E-state index contributed by atoms with van der Waals surface area (Å²) in [5.74, 6) is 3.09. The van der Waals surface area contributed by atoms with Gasteiger partial charge in [-0.3, -0.25) is 10.3 Å². The Bertz CT molecular complexity index is 793. The molecule has 3 aliphatic rings. The zero-order valence-corrected chi connectivity index (χ0v) is 23.0. The molecule has 2 aliphatic heterocycles. The van der Waals surface area contributed by atoms with Gasteiger partial charge in [0.05, 0.1) is 13.2 Å². The van der Waals surface area contributed by atoms with Crippen LogP contribution in [0.25, 0.3) is 0 Å². The highest BCUT2D eigenvalue weighted by atomic mass is 16.5. The summed E-state index contributed by atoms with van der Waals surface area (Å²) >= 11 is 0. The largest absolute Gasteiger partial charge is 0.462 e. The van der Waals surface area contributed by atoms with Gasteiger partial charge in [0.25, 0.3) is 0 Å². The molecule has 0 bridgehead atoms.